The Morgan fingerprint density at radius 1 is 0.895 bits per heavy atom. The molecule has 94 valence electrons. The third-order valence-electron chi connectivity index (χ3n) is 2.76. The van der Waals surface area contributed by atoms with E-state index in [-0.39, 0.29) is 5.82 Å². The van der Waals surface area contributed by atoms with E-state index in [9.17, 15) is 4.39 Å². The molecule has 0 aliphatic carbocycles. The van der Waals surface area contributed by atoms with Crippen molar-refractivity contribution in [3.63, 3.8) is 0 Å². The highest BCUT2D eigenvalue weighted by atomic mass is 19.1. The van der Waals surface area contributed by atoms with Crippen molar-refractivity contribution in [2.24, 2.45) is 0 Å². The lowest BCUT2D eigenvalue weighted by molar-refractivity contribution is 0.582. The number of hydrogen-bond donors (Lipinski definition) is 0. The first kappa shape index (κ1) is 11.6. The van der Waals surface area contributed by atoms with Gasteiger partial charge in [-0.05, 0) is 37.3 Å². The lowest BCUT2D eigenvalue weighted by atomic mass is 10.1. The predicted molar refractivity (Wildman–Crippen MR) is 69.9 cm³/mol. The van der Waals surface area contributed by atoms with Crippen molar-refractivity contribution in [3.05, 3.63) is 59.9 Å². The van der Waals surface area contributed by atoms with Crippen LogP contribution in [0.1, 0.15) is 5.56 Å². The van der Waals surface area contributed by atoms with Gasteiger partial charge < -0.3 is 4.42 Å². The summed E-state index contributed by atoms with van der Waals surface area (Å²) in [6, 6.07) is 13.9. The van der Waals surface area contributed by atoms with Crippen LogP contribution >= 0.6 is 0 Å². The monoisotopic (exact) mass is 254 g/mol. The average Bonchev–Trinajstić information content (AvgIpc) is 2.88. The maximum absolute atomic E-state index is 13.1. The van der Waals surface area contributed by atoms with Crippen molar-refractivity contribution in [1.29, 1.82) is 0 Å². The summed E-state index contributed by atoms with van der Waals surface area (Å²) in [5, 5.41) is 7.94. The van der Waals surface area contributed by atoms with Crippen molar-refractivity contribution in [2.75, 3.05) is 0 Å². The van der Waals surface area contributed by atoms with Crippen LogP contribution in [0.25, 0.3) is 22.9 Å². The van der Waals surface area contributed by atoms with Gasteiger partial charge >= 0.3 is 0 Å². The van der Waals surface area contributed by atoms with E-state index in [1.807, 2.05) is 31.2 Å². The predicted octanol–water partition coefficient (Wildman–Crippen LogP) is 3.85. The topological polar surface area (TPSA) is 38.9 Å². The summed E-state index contributed by atoms with van der Waals surface area (Å²) in [5.41, 5.74) is 2.55. The molecule has 0 unspecified atom stereocenters. The molecule has 0 bridgehead atoms. The largest absolute Gasteiger partial charge is 0.416 e. The van der Waals surface area contributed by atoms with Crippen LogP contribution in [0.2, 0.25) is 0 Å². The van der Waals surface area contributed by atoms with Gasteiger partial charge in [0.15, 0.2) is 0 Å². The van der Waals surface area contributed by atoms with Crippen LogP contribution in [0.5, 0.6) is 0 Å². The summed E-state index contributed by atoms with van der Waals surface area (Å²) < 4.78 is 18.7. The number of aryl methyl sites for hydroxylation is 1. The van der Waals surface area contributed by atoms with Gasteiger partial charge in [-0.15, -0.1) is 10.2 Å². The molecule has 0 spiro atoms. The quantitative estimate of drug-likeness (QED) is 0.697. The molecule has 0 fully saturated rings. The summed E-state index contributed by atoms with van der Waals surface area (Å²) in [7, 11) is 0. The van der Waals surface area contributed by atoms with Crippen LogP contribution in [0.3, 0.4) is 0 Å². The molecule has 1 aromatic heterocycles. The van der Waals surface area contributed by atoms with Crippen molar-refractivity contribution in [3.8, 4) is 22.9 Å². The lowest BCUT2D eigenvalue weighted by Crippen LogP contribution is -1.79. The van der Waals surface area contributed by atoms with E-state index in [2.05, 4.69) is 10.2 Å². The molecule has 0 saturated carbocycles. The fraction of sp³-hybridized carbons (Fsp3) is 0.0667. The summed E-state index contributed by atoms with van der Waals surface area (Å²) in [4.78, 5) is 0. The molecule has 0 aliphatic rings. The SMILES string of the molecule is Cc1cccc(-c2nnc(-c3cccc(F)c3)o2)c1. The van der Waals surface area contributed by atoms with E-state index in [0.717, 1.165) is 11.1 Å². The fourth-order valence-electron chi connectivity index (χ4n) is 1.86. The molecule has 3 aromatic rings. The van der Waals surface area contributed by atoms with Crippen molar-refractivity contribution in [2.45, 2.75) is 6.92 Å². The van der Waals surface area contributed by atoms with Gasteiger partial charge in [0, 0.05) is 11.1 Å². The minimum Gasteiger partial charge on any atom is -0.416 e. The Morgan fingerprint density at radius 2 is 1.53 bits per heavy atom. The summed E-state index contributed by atoms with van der Waals surface area (Å²) >= 11 is 0. The number of benzene rings is 2. The van der Waals surface area contributed by atoms with Gasteiger partial charge in [-0.3, -0.25) is 0 Å². The second kappa shape index (κ2) is 4.65. The van der Waals surface area contributed by atoms with Crippen LogP contribution < -0.4 is 0 Å². The first-order valence-electron chi connectivity index (χ1n) is 5.89. The van der Waals surface area contributed by atoms with Gasteiger partial charge in [-0.1, -0.05) is 23.8 Å². The molecular weight excluding hydrogens is 243 g/mol. The molecule has 4 heteroatoms. The maximum Gasteiger partial charge on any atom is 0.248 e. The molecule has 1 heterocycles. The van der Waals surface area contributed by atoms with E-state index >= 15 is 0 Å². The van der Waals surface area contributed by atoms with Crippen LogP contribution in [-0.4, -0.2) is 10.2 Å². The highest BCUT2D eigenvalue weighted by Crippen LogP contribution is 2.24. The highest BCUT2D eigenvalue weighted by Gasteiger charge is 2.10. The molecule has 0 atom stereocenters. The fourth-order valence-corrected chi connectivity index (χ4v) is 1.86. The number of rotatable bonds is 2. The van der Waals surface area contributed by atoms with Crippen LogP contribution in [-0.2, 0) is 0 Å². The summed E-state index contributed by atoms with van der Waals surface area (Å²) in [5.74, 6) is 0.423. The minimum absolute atomic E-state index is 0.316. The van der Waals surface area contributed by atoms with Crippen LogP contribution in [0, 0.1) is 12.7 Å². The number of aromatic nitrogens is 2. The molecule has 3 rings (SSSR count). The van der Waals surface area contributed by atoms with E-state index in [0.29, 0.717) is 17.3 Å². The Morgan fingerprint density at radius 3 is 2.16 bits per heavy atom. The molecule has 3 nitrogen and oxygen atoms in total. The molecule has 2 aromatic carbocycles. The van der Waals surface area contributed by atoms with Gasteiger partial charge in [0.05, 0.1) is 0 Å². The number of nitrogens with zero attached hydrogens (tertiary/aromatic N) is 2. The first-order chi connectivity index (χ1) is 9.22. The second-order valence-corrected chi connectivity index (χ2v) is 4.29. The zero-order chi connectivity index (χ0) is 13.2. The molecular formula is C15H11FN2O. The molecule has 0 aliphatic heterocycles. The molecule has 0 radical (unpaired) electrons. The Kier molecular flexibility index (Phi) is 2.83. The van der Waals surface area contributed by atoms with E-state index in [1.165, 1.54) is 12.1 Å². The van der Waals surface area contributed by atoms with Crippen LogP contribution in [0.15, 0.2) is 52.9 Å². The van der Waals surface area contributed by atoms with E-state index in [4.69, 9.17) is 4.42 Å². The first-order valence-corrected chi connectivity index (χ1v) is 5.89. The Labute approximate surface area is 109 Å². The second-order valence-electron chi connectivity index (χ2n) is 4.29. The summed E-state index contributed by atoms with van der Waals surface area (Å²) in [6.45, 7) is 1.99. The maximum atomic E-state index is 13.1. The third-order valence-corrected chi connectivity index (χ3v) is 2.76. The van der Waals surface area contributed by atoms with Gasteiger partial charge in [0.2, 0.25) is 11.8 Å². The van der Waals surface area contributed by atoms with Gasteiger partial charge in [0.25, 0.3) is 0 Å². The molecule has 0 amide bonds. The minimum atomic E-state index is -0.326. The van der Waals surface area contributed by atoms with Crippen molar-refractivity contribution >= 4 is 0 Å². The van der Waals surface area contributed by atoms with Crippen LogP contribution in [0.4, 0.5) is 4.39 Å². The van der Waals surface area contributed by atoms with Crippen molar-refractivity contribution < 1.29 is 8.81 Å². The lowest BCUT2D eigenvalue weighted by Gasteiger charge is -1.96. The smallest absolute Gasteiger partial charge is 0.248 e. The van der Waals surface area contributed by atoms with E-state index < -0.39 is 0 Å². The summed E-state index contributed by atoms with van der Waals surface area (Å²) in [6.07, 6.45) is 0. The van der Waals surface area contributed by atoms with Gasteiger partial charge in [-0.25, -0.2) is 4.39 Å². The average molecular weight is 254 g/mol. The molecule has 0 N–H and O–H groups in total. The molecule has 0 saturated heterocycles. The standard InChI is InChI=1S/C15H11FN2O/c1-10-4-2-5-11(8-10)14-17-18-15(19-14)12-6-3-7-13(16)9-12/h2-9H,1H3. The Bertz CT molecular complexity index is 661. The number of halogens is 1. The zero-order valence-corrected chi connectivity index (χ0v) is 10.3. The Hall–Kier alpha value is -2.49. The van der Waals surface area contributed by atoms with Crippen molar-refractivity contribution in [1.82, 2.24) is 10.2 Å². The van der Waals surface area contributed by atoms with Gasteiger partial charge in [0.1, 0.15) is 5.82 Å². The van der Waals surface area contributed by atoms with Gasteiger partial charge in [-0.2, -0.15) is 0 Å². The Balaban J connectivity index is 2.00. The molecule has 19 heavy (non-hydrogen) atoms. The zero-order valence-electron chi connectivity index (χ0n) is 10.3. The highest BCUT2D eigenvalue weighted by molar-refractivity contribution is 5.58. The number of hydrogen-bond acceptors (Lipinski definition) is 3. The third kappa shape index (κ3) is 2.38. The normalized spacial score (nSPS) is 10.6. The van der Waals surface area contributed by atoms with E-state index in [1.54, 1.807) is 12.1 Å².